The number of carbonyl (C=O) groups is 4. The molecule has 8 heteroatoms. The van der Waals surface area contributed by atoms with Crippen molar-refractivity contribution in [1.82, 2.24) is 0 Å². The molecule has 4 N–H and O–H groups in total. The molecule has 0 bridgehead atoms. The summed E-state index contributed by atoms with van der Waals surface area (Å²) in [6, 6.07) is 9.65. The van der Waals surface area contributed by atoms with Crippen LogP contribution in [-0.4, -0.2) is 44.3 Å². The lowest BCUT2D eigenvalue weighted by molar-refractivity contribution is -0.132. The van der Waals surface area contributed by atoms with Gasteiger partial charge in [-0.05, 0) is 83.0 Å². The molecule has 34 heavy (non-hydrogen) atoms. The van der Waals surface area contributed by atoms with Crippen molar-refractivity contribution in [3.8, 4) is 11.8 Å². The third-order valence-electron chi connectivity index (χ3n) is 3.98. The SMILES string of the molecule is O=C(O)C=Cc1cc(C#Cc2cc(C=CC(=O)O)cc(C=CC(=O)O)c2)cc(C=CC(=O)O)c1. The molecule has 8 nitrogen and oxygen atoms in total. The highest BCUT2D eigenvalue weighted by molar-refractivity contribution is 5.88. The maximum atomic E-state index is 10.8. The third kappa shape index (κ3) is 9.32. The zero-order chi connectivity index (χ0) is 25.1. The highest BCUT2D eigenvalue weighted by atomic mass is 16.4. The van der Waals surface area contributed by atoms with Gasteiger partial charge in [-0.1, -0.05) is 11.8 Å². The first-order chi connectivity index (χ1) is 16.1. The second kappa shape index (κ2) is 12.0. The van der Waals surface area contributed by atoms with Crippen LogP contribution in [0.5, 0.6) is 0 Å². The van der Waals surface area contributed by atoms with E-state index in [0.29, 0.717) is 33.4 Å². The van der Waals surface area contributed by atoms with Gasteiger partial charge in [0.05, 0.1) is 0 Å². The van der Waals surface area contributed by atoms with Crippen molar-refractivity contribution in [2.75, 3.05) is 0 Å². The number of rotatable bonds is 8. The Morgan fingerprint density at radius 2 is 0.706 bits per heavy atom. The molecule has 2 aromatic carbocycles. The van der Waals surface area contributed by atoms with Gasteiger partial charge < -0.3 is 20.4 Å². The first-order valence-electron chi connectivity index (χ1n) is 9.57. The van der Waals surface area contributed by atoms with Gasteiger partial charge in [-0.3, -0.25) is 0 Å². The van der Waals surface area contributed by atoms with E-state index in [2.05, 4.69) is 11.8 Å². The van der Waals surface area contributed by atoms with Gasteiger partial charge in [-0.2, -0.15) is 0 Å². The molecule has 0 heterocycles. The number of aliphatic carboxylic acids is 4. The van der Waals surface area contributed by atoms with Gasteiger partial charge in [-0.15, -0.1) is 0 Å². The Bertz CT molecular complexity index is 1130. The van der Waals surface area contributed by atoms with Gasteiger partial charge in [0.25, 0.3) is 0 Å². The molecule has 0 aliphatic heterocycles. The van der Waals surface area contributed by atoms with Gasteiger partial charge >= 0.3 is 23.9 Å². The first-order valence-corrected chi connectivity index (χ1v) is 9.57. The maximum Gasteiger partial charge on any atom is 0.328 e. The largest absolute Gasteiger partial charge is 0.478 e. The minimum Gasteiger partial charge on any atom is -0.478 e. The van der Waals surface area contributed by atoms with Gasteiger partial charge in [0.2, 0.25) is 0 Å². The molecule has 2 rings (SSSR count). The average Bonchev–Trinajstić information content (AvgIpc) is 2.77. The highest BCUT2D eigenvalue weighted by Gasteiger charge is 2.00. The van der Waals surface area contributed by atoms with E-state index in [0.717, 1.165) is 24.3 Å². The number of carboxylic acid groups (broad SMARTS) is 4. The average molecular weight is 458 g/mol. The van der Waals surface area contributed by atoms with Gasteiger partial charge in [0.15, 0.2) is 0 Å². The minimum absolute atomic E-state index is 0.465. The lowest BCUT2D eigenvalue weighted by atomic mass is 10.0. The van der Waals surface area contributed by atoms with Crippen LogP contribution in [0.15, 0.2) is 60.7 Å². The number of benzene rings is 2. The van der Waals surface area contributed by atoms with Gasteiger partial charge in [-0.25, -0.2) is 19.2 Å². The molecule has 170 valence electrons. The van der Waals surface area contributed by atoms with E-state index in [1.807, 2.05) is 0 Å². The van der Waals surface area contributed by atoms with E-state index in [-0.39, 0.29) is 0 Å². The van der Waals surface area contributed by atoms with E-state index >= 15 is 0 Å². The normalized spacial score (nSPS) is 11.2. The molecule has 0 saturated carbocycles. The molecule has 0 atom stereocenters. The summed E-state index contributed by atoms with van der Waals surface area (Å²) in [5, 5.41) is 35.4. The second-order valence-corrected chi connectivity index (χ2v) is 6.71. The minimum atomic E-state index is -1.15. The lowest BCUT2D eigenvalue weighted by Gasteiger charge is -2.02. The summed E-state index contributed by atoms with van der Waals surface area (Å²) in [5.41, 5.74) is 2.88. The summed E-state index contributed by atoms with van der Waals surface area (Å²) in [6.07, 6.45) is 9.14. The Hall–Kier alpha value is -5.16. The Morgan fingerprint density at radius 1 is 0.471 bits per heavy atom. The number of hydrogen-bond donors (Lipinski definition) is 4. The Labute approximate surface area is 194 Å². The van der Waals surface area contributed by atoms with Crippen molar-refractivity contribution in [3.63, 3.8) is 0 Å². The fourth-order valence-electron chi connectivity index (χ4n) is 2.70. The van der Waals surface area contributed by atoms with Crippen LogP contribution in [0.3, 0.4) is 0 Å². The Morgan fingerprint density at radius 3 is 0.912 bits per heavy atom. The fourth-order valence-corrected chi connectivity index (χ4v) is 2.70. The lowest BCUT2D eigenvalue weighted by Crippen LogP contribution is -1.90. The van der Waals surface area contributed by atoms with Crippen molar-refractivity contribution >= 4 is 48.2 Å². The van der Waals surface area contributed by atoms with E-state index in [1.54, 1.807) is 36.4 Å². The van der Waals surface area contributed by atoms with E-state index in [9.17, 15) is 19.2 Å². The van der Waals surface area contributed by atoms with Crippen LogP contribution in [0, 0.1) is 11.8 Å². The molecule has 0 aromatic heterocycles. The van der Waals surface area contributed by atoms with Crippen LogP contribution in [0.4, 0.5) is 0 Å². The Balaban J connectivity index is 2.54. The summed E-state index contributed by atoms with van der Waals surface area (Å²) in [4.78, 5) is 43.3. The van der Waals surface area contributed by atoms with Crippen LogP contribution < -0.4 is 0 Å². The van der Waals surface area contributed by atoms with Crippen LogP contribution in [-0.2, 0) is 19.2 Å². The number of carboxylic acids is 4. The summed E-state index contributed by atoms with van der Waals surface area (Å²) in [6.45, 7) is 0. The van der Waals surface area contributed by atoms with Crippen LogP contribution in [0.1, 0.15) is 33.4 Å². The smallest absolute Gasteiger partial charge is 0.328 e. The van der Waals surface area contributed by atoms with Crippen LogP contribution in [0.25, 0.3) is 24.3 Å². The molecule has 0 radical (unpaired) electrons. The molecular weight excluding hydrogens is 440 g/mol. The molecule has 2 aromatic rings. The predicted molar refractivity (Wildman–Crippen MR) is 126 cm³/mol. The van der Waals surface area contributed by atoms with E-state index < -0.39 is 23.9 Å². The van der Waals surface area contributed by atoms with E-state index in [1.165, 1.54) is 24.3 Å². The molecule has 0 spiro atoms. The van der Waals surface area contributed by atoms with Crippen molar-refractivity contribution < 1.29 is 39.6 Å². The third-order valence-corrected chi connectivity index (χ3v) is 3.98. The zero-order valence-electron chi connectivity index (χ0n) is 17.5. The topological polar surface area (TPSA) is 149 Å². The quantitative estimate of drug-likeness (QED) is 0.347. The molecule has 0 aliphatic rings. The summed E-state index contributed by atoms with van der Waals surface area (Å²) >= 11 is 0. The Kier molecular flexibility index (Phi) is 8.88. The fraction of sp³-hybridized carbons (Fsp3) is 0. The van der Waals surface area contributed by atoms with Crippen LogP contribution in [0.2, 0.25) is 0 Å². The van der Waals surface area contributed by atoms with Crippen molar-refractivity contribution in [2.45, 2.75) is 0 Å². The molecule has 0 fully saturated rings. The van der Waals surface area contributed by atoms with Crippen molar-refractivity contribution in [2.24, 2.45) is 0 Å². The standard InChI is InChI=1S/C26H18O8/c27-23(28)7-3-19-11-17(12-20(15-19)4-8-24(29)30)1-2-18-13-21(5-9-25(31)32)16-22(14-18)6-10-26(33)34/h3-16H,(H,27,28)(H,29,30)(H,31,32)(H,33,34). The second-order valence-electron chi connectivity index (χ2n) is 6.71. The summed E-state index contributed by atoms with van der Waals surface area (Å²) in [5.74, 6) is 1.23. The molecule has 0 amide bonds. The monoisotopic (exact) mass is 458 g/mol. The highest BCUT2D eigenvalue weighted by Crippen LogP contribution is 2.16. The number of hydrogen-bond acceptors (Lipinski definition) is 4. The van der Waals surface area contributed by atoms with Crippen molar-refractivity contribution in [3.05, 3.63) is 94.1 Å². The van der Waals surface area contributed by atoms with Gasteiger partial charge in [0.1, 0.15) is 0 Å². The van der Waals surface area contributed by atoms with Gasteiger partial charge in [0, 0.05) is 35.4 Å². The summed E-state index contributed by atoms with van der Waals surface area (Å²) < 4.78 is 0. The first kappa shape index (κ1) is 25.1. The maximum absolute atomic E-state index is 10.8. The molecular formula is C26H18O8. The molecule has 0 aliphatic carbocycles. The predicted octanol–water partition coefficient (Wildman–Crippen LogP) is 3.48. The zero-order valence-corrected chi connectivity index (χ0v) is 17.5. The van der Waals surface area contributed by atoms with E-state index in [4.69, 9.17) is 20.4 Å². The van der Waals surface area contributed by atoms with Crippen molar-refractivity contribution in [1.29, 1.82) is 0 Å². The molecule has 0 unspecified atom stereocenters. The summed E-state index contributed by atoms with van der Waals surface area (Å²) in [7, 11) is 0. The van der Waals surface area contributed by atoms with Crippen LogP contribution >= 0.6 is 0 Å². The molecule has 0 saturated heterocycles.